The van der Waals surface area contributed by atoms with Crippen LogP contribution in [0.1, 0.15) is 23.7 Å². The summed E-state index contributed by atoms with van der Waals surface area (Å²) < 4.78 is 8.18. The second kappa shape index (κ2) is 9.79. The number of nitro groups is 1. The molecule has 1 N–H and O–H groups in total. The number of amides is 1. The normalized spacial score (nSPS) is 10.9. The Bertz CT molecular complexity index is 1400. The van der Waals surface area contributed by atoms with E-state index in [2.05, 4.69) is 36.4 Å². The lowest BCUT2D eigenvalue weighted by Gasteiger charge is -2.09. The van der Waals surface area contributed by atoms with E-state index >= 15 is 0 Å². The quantitative estimate of drug-likeness (QED) is 0.208. The van der Waals surface area contributed by atoms with E-state index in [9.17, 15) is 19.7 Å². The number of rotatable bonds is 8. The number of esters is 1. The van der Waals surface area contributed by atoms with E-state index in [1.807, 2.05) is 6.07 Å². The van der Waals surface area contributed by atoms with Crippen molar-refractivity contribution < 1.29 is 19.2 Å². The Morgan fingerprint density at radius 3 is 2.85 bits per heavy atom. The van der Waals surface area contributed by atoms with Crippen LogP contribution in [0.25, 0.3) is 16.9 Å². The number of aryl methyl sites for hydroxylation is 1. The number of benzene rings is 1. The van der Waals surface area contributed by atoms with Crippen LogP contribution in [-0.2, 0) is 16.1 Å². The standard InChI is InChI=1S/C21H18BrN7O5/c1-2-34-21(31)15-11-24-28-17(6-8-23-19(15)28)13-4-3-5-14(10-13)25-18(30)7-9-27-12-16(22)20(26-27)29(32)33/h3-6,8,10-12H,2,7,9H2,1H3,(H,25,30). The summed E-state index contributed by atoms with van der Waals surface area (Å²) in [6.45, 7) is 2.14. The number of ether oxygens (including phenoxy) is 1. The summed E-state index contributed by atoms with van der Waals surface area (Å²) in [4.78, 5) is 39.1. The Kier molecular flexibility index (Phi) is 6.63. The maximum absolute atomic E-state index is 12.4. The molecule has 3 heterocycles. The van der Waals surface area contributed by atoms with Gasteiger partial charge < -0.3 is 20.2 Å². The van der Waals surface area contributed by atoms with Crippen molar-refractivity contribution in [1.82, 2.24) is 24.4 Å². The molecule has 174 valence electrons. The molecule has 12 nitrogen and oxygen atoms in total. The zero-order valence-electron chi connectivity index (χ0n) is 17.8. The first-order valence-corrected chi connectivity index (χ1v) is 10.9. The van der Waals surface area contributed by atoms with Crippen LogP contribution in [0.2, 0.25) is 0 Å². The molecule has 0 unspecified atom stereocenters. The highest BCUT2D eigenvalue weighted by Crippen LogP contribution is 2.25. The summed E-state index contributed by atoms with van der Waals surface area (Å²) in [6.07, 6.45) is 4.50. The van der Waals surface area contributed by atoms with Crippen LogP contribution in [-0.4, -0.2) is 47.8 Å². The van der Waals surface area contributed by atoms with E-state index < -0.39 is 10.9 Å². The second-order valence-corrected chi connectivity index (χ2v) is 7.90. The molecule has 0 aliphatic rings. The molecule has 1 amide bonds. The van der Waals surface area contributed by atoms with Crippen molar-refractivity contribution in [2.75, 3.05) is 11.9 Å². The molecule has 4 aromatic rings. The molecule has 13 heteroatoms. The van der Waals surface area contributed by atoms with Gasteiger partial charge in [-0.05, 0) is 46.0 Å². The summed E-state index contributed by atoms with van der Waals surface area (Å²) in [5, 5.41) is 21.8. The topological polar surface area (TPSA) is 147 Å². The third kappa shape index (κ3) is 4.78. The molecule has 3 aromatic heterocycles. The smallest absolute Gasteiger partial charge is 0.404 e. The SMILES string of the molecule is CCOC(=O)c1cnn2c(-c3cccc(NC(=O)CCn4cc(Br)c([N+](=O)[O-])n4)c3)ccnc12. The van der Waals surface area contributed by atoms with Gasteiger partial charge >= 0.3 is 11.8 Å². The largest absolute Gasteiger partial charge is 0.462 e. The Balaban J connectivity index is 1.49. The lowest BCUT2D eigenvalue weighted by molar-refractivity contribution is -0.390. The Morgan fingerprint density at radius 2 is 2.12 bits per heavy atom. The molecule has 0 saturated heterocycles. The minimum atomic E-state index is -0.600. The van der Waals surface area contributed by atoms with Crippen LogP contribution in [0.4, 0.5) is 11.5 Å². The van der Waals surface area contributed by atoms with Crippen molar-refractivity contribution in [3.05, 3.63) is 69.1 Å². The fraction of sp³-hybridized carbons (Fsp3) is 0.190. The van der Waals surface area contributed by atoms with Crippen molar-refractivity contribution in [2.24, 2.45) is 0 Å². The van der Waals surface area contributed by atoms with Gasteiger partial charge in [-0.25, -0.2) is 14.3 Å². The van der Waals surface area contributed by atoms with Gasteiger partial charge in [0.2, 0.25) is 5.91 Å². The van der Waals surface area contributed by atoms with Crippen molar-refractivity contribution in [2.45, 2.75) is 19.9 Å². The number of nitrogens with one attached hydrogen (secondary N) is 1. The molecule has 0 spiro atoms. The molecule has 1 aromatic carbocycles. The van der Waals surface area contributed by atoms with Crippen molar-refractivity contribution >= 4 is 45.0 Å². The van der Waals surface area contributed by atoms with Crippen molar-refractivity contribution in [1.29, 1.82) is 0 Å². The van der Waals surface area contributed by atoms with Gasteiger partial charge in [0, 0.05) is 23.9 Å². The molecule has 0 fully saturated rings. The lowest BCUT2D eigenvalue weighted by Crippen LogP contribution is -2.15. The van der Waals surface area contributed by atoms with E-state index in [0.29, 0.717) is 17.0 Å². The Morgan fingerprint density at radius 1 is 1.29 bits per heavy atom. The van der Waals surface area contributed by atoms with Gasteiger partial charge in [0.15, 0.2) is 5.65 Å². The van der Waals surface area contributed by atoms with Gasteiger partial charge in [0.05, 0.1) is 36.3 Å². The highest BCUT2D eigenvalue weighted by atomic mass is 79.9. The maximum Gasteiger partial charge on any atom is 0.404 e. The molecule has 34 heavy (non-hydrogen) atoms. The maximum atomic E-state index is 12.4. The van der Waals surface area contributed by atoms with Gasteiger partial charge in [-0.1, -0.05) is 12.1 Å². The summed E-state index contributed by atoms with van der Waals surface area (Å²) in [5.41, 5.74) is 2.60. The molecule has 0 bridgehead atoms. The molecule has 0 atom stereocenters. The average Bonchev–Trinajstić information content (AvgIpc) is 3.41. The molecule has 0 radical (unpaired) electrons. The number of aromatic nitrogens is 5. The summed E-state index contributed by atoms with van der Waals surface area (Å²) >= 11 is 3.08. The zero-order chi connectivity index (χ0) is 24.2. The Hall–Kier alpha value is -4.13. The molecule has 4 rings (SSSR count). The van der Waals surface area contributed by atoms with Crippen LogP contribution in [0.15, 0.2) is 53.4 Å². The first-order chi connectivity index (χ1) is 16.4. The third-order valence-corrected chi connectivity index (χ3v) is 5.34. The number of nitrogens with zero attached hydrogens (tertiary/aromatic N) is 6. The highest BCUT2D eigenvalue weighted by molar-refractivity contribution is 9.10. The lowest BCUT2D eigenvalue weighted by atomic mass is 10.1. The molecular formula is C21H18BrN7O5. The molecule has 0 aliphatic carbocycles. The van der Waals surface area contributed by atoms with Crippen LogP contribution in [0.3, 0.4) is 0 Å². The fourth-order valence-corrected chi connectivity index (χ4v) is 3.74. The number of anilines is 1. The highest BCUT2D eigenvalue weighted by Gasteiger charge is 2.19. The van der Waals surface area contributed by atoms with Gasteiger partial charge in [-0.15, -0.1) is 0 Å². The zero-order valence-corrected chi connectivity index (χ0v) is 19.4. The number of carbonyl (C=O) groups excluding carboxylic acids is 2. The van der Waals surface area contributed by atoms with E-state index in [1.54, 1.807) is 37.4 Å². The molecular weight excluding hydrogens is 510 g/mol. The van der Waals surface area contributed by atoms with Crippen LogP contribution < -0.4 is 5.32 Å². The van der Waals surface area contributed by atoms with Crippen molar-refractivity contribution in [3.8, 4) is 11.3 Å². The first-order valence-electron chi connectivity index (χ1n) is 10.1. The van der Waals surface area contributed by atoms with Gasteiger partial charge in [0.1, 0.15) is 10.0 Å². The predicted octanol–water partition coefficient (Wildman–Crippen LogP) is 3.47. The molecule has 0 aliphatic heterocycles. The monoisotopic (exact) mass is 527 g/mol. The summed E-state index contributed by atoms with van der Waals surface area (Å²) in [7, 11) is 0. The van der Waals surface area contributed by atoms with Gasteiger partial charge in [-0.2, -0.15) is 9.78 Å². The first kappa shape index (κ1) is 23.0. The summed E-state index contributed by atoms with van der Waals surface area (Å²) in [5.74, 6) is -1.09. The molecule has 0 saturated carbocycles. The second-order valence-electron chi connectivity index (χ2n) is 7.04. The number of hydrogen-bond donors (Lipinski definition) is 1. The van der Waals surface area contributed by atoms with Crippen LogP contribution in [0, 0.1) is 10.1 Å². The summed E-state index contributed by atoms with van der Waals surface area (Å²) in [6, 6.07) is 8.88. The van der Waals surface area contributed by atoms with Crippen LogP contribution in [0.5, 0.6) is 0 Å². The number of hydrogen-bond acceptors (Lipinski definition) is 8. The number of fused-ring (bicyclic) bond motifs is 1. The van der Waals surface area contributed by atoms with Gasteiger partial charge in [0.25, 0.3) is 0 Å². The Labute approximate surface area is 200 Å². The minimum absolute atomic E-state index is 0.0665. The predicted molar refractivity (Wildman–Crippen MR) is 124 cm³/mol. The number of halogens is 1. The van der Waals surface area contributed by atoms with Crippen LogP contribution >= 0.6 is 15.9 Å². The van der Waals surface area contributed by atoms with Crippen molar-refractivity contribution in [3.63, 3.8) is 0 Å². The van der Waals surface area contributed by atoms with E-state index in [1.165, 1.54) is 21.6 Å². The van der Waals surface area contributed by atoms with E-state index in [0.717, 1.165) is 5.56 Å². The third-order valence-electron chi connectivity index (χ3n) is 4.78. The van der Waals surface area contributed by atoms with E-state index in [4.69, 9.17) is 4.74 Å². The number of carbonyl (C=O) groups is 2. The fourth-order valence-electron chi connectivity index (χ4n) is 3.28. The van der Waals surface area contributed by atoms with Gasteiger partial charge in [-0.3, -0.25) is 4.79 Å². The van der Waals surface area contributed by atoms with E-state index in [-0.39, 0.29) is 41.3 Å². The minimum Gasteiger partial charge on any atom is -0.462 e. The average molecular weight is 528 g/mol.